The molecule has 3 heterocycles. The van der Waals surface area contributed by atoms with E-state index in [-0.39, 0.29) is 22.6 Å². The minimum absolute atomic E-state index is 0.0446. The van der Waals surface area contributed by atoms with Crippen molar-refractivity contribution < 1.29 is 8.78 Å². The quantitative estimate of drug-likeness (QED) is 0.640. The Kier molecular flexibility index (Phi) is 2.48. The Bertz CT molecular complexity index is 970. The Balaban J connectivity index is 1.68. The predicted octanol–water partition coefficient (Wildman–Crippen LogP) is 3.59. The van der Waals surface area contributed by atoms with Crippen LogP contribution in [0.4, 0.5) is 8.78 Å². The maximum atomic E-state index is 14.1. The minimum atomic E-state index is -0.444. The first-order valence-electron chi connectivity index (χ1n) is 7.44. The first kappa shape index (κ1) is 13.4. The van der Waals surface area contributed by atoms with Gasteiger partial charge in [0, 0.05) is 12.3 Å². The van der Waals surface area contributed by atoms with E-state index in [1.807, 2.05) is 6.07 Å². The number of hydrogen-bond acceptors (Lipinski definition) is 3. The molecule has 0 bridgehead atoms. The van der Waals surface area contributed by atoms with Crippen molar-refractivity contribution in [1.82, 2.24) is 19.5 Å². The number of aryl methyl sites for hydroxylation is 1. The molecule has 2 aliphatic rings. The zero-order chi connectivity index (χ0) is 15.8. The summed E-state index contributed by atoms with van der Waals surface area (Å²) in [5, 5.41) is 0.0446. The molecule has 116 valence electrons. The van der Waals surface area contributed by atoms with Gasteiger partial charge in [0.2, 0.25) is 5.28 Å². The van der Waals surface area contributed by atoms with Gasteiger partial charge in [0.1, 0.15) is 11.3 Å². The molecule has 1 aliphatic carbocycles. The third kappa shape index (κ3) is 1.67. The summed E-state index contributed by atoms with van der Waals surface area (Å²) in [5.41, 5.74) is 1.22. The van der Waals surface area contributed by atoms with Crippen LogP contribution in [0.15, 0.2) is 24.4 Å². The molecule has 2 unspecified atom stereocenters. The van der Waals surface area contributed by atoms with Gasteiger partial charge in [-0.1, -0.05) is 6.07 Å². The number of hydrogen-bond donors (Lipinski definition) is 0. The number of para-hydroxylation sites is 1. The van der Waals surface area contributed by atoms with Crippen molar-refractivity contribution in [2.45, 2.75) is 30.7 Å². The summed E-state index contributed by atoms with van der Waals surface area (Å²) in [7, 11) is 0. The second-order valence-corrected chi connectivity index (χ2v) is 6.54. The average Bonchev–Trinajstić information content (AvgIpc) is 2.94. The molecule has 1 saturated carbocycles. The Hall–Kier alpha value is -2.08. The lowest BCUT2D eigenvalue weighted by atomic mass is 10.1. The zero-order valence-corrected chi connectivity index (χ0v) is 12.7. The van der Waals surface area contributed by atoms with E-state index in [4.69, 9.17) is 11.6 Å². The largest absolute Gasteiger partial charge is 0.321 e. The van der Waals surface area contributed by atoms with E-state index in [1.165, 1.54) is 6.07 Å². The summed E-state index contributed by atoms with van der Waals surface area (Å²) >= 11 is 5.82. The fourth-order valence-electron chi connectivity index (χ4n) is 3.99. The standard InChI is InChI=1S/C16H11ClF2N4/c17-15-20-7-10(19)13(22-15)8-6-16(8)5-4-12-21-14-9(18)2-1-3-11(14)23(12)16/h1-3,7-8H,4-6H2. The molecule has 4 nitrogen and oxygen atoms in total. The molecule has 5 rings (SSSR count). The van der Waals surface area contributed by atoms with Gasteiger partial charge >= 0.3 is 0 Å². The molecule has 2 aromatic heterocycles. The predicted molar refractivity (Wildman–Crippen MR) is 80.3 cm³/mol. The van der Waals surface area contributed by atoms with E-state index in [1.54, 1.807) is 6.07 Å². The Morgan fingerprint density at radius 3 is 2.96 bits per heavy atom. The number of nitrogens with zero attached hydrogens (tertiary/aromatic N) is 4. The summed E-state index contributed by atoms with van der Waals surface area (Å²) in [5.74, 6) is 0.00594. The van der Waals surface area contributed by atoms with E-state index >= 15 is 0 Å². The van der Waals surface area contributed by atoms with Crippen LogP contribution in [0.1, 0.15) is 30.3 Å². The van der Waals surface area contributed by atoms with Gasteiger partial charge in [0.25, 0.3) is 0 Å². The first-order chi connectivity index (χ1) is 11.1. The van der Waals surface area contributed by atoms with E-state index in [2.05, 4.69) is 19.5 Å². The van der Waals surface area contributed by atoms with Crippen LogP contribution < -0.4 is 0 Å². The van der Waals surface area contributed by atoms with Gasteiger partial charge < -0.3 is 4.57 Å². The van der Waals surface area contributed by atoms with E-state index in [0.29, 0.717) is 11.2 Å². The number of fused-ring (bicyclic) bond motifs is 4. The van der Waals surface area contributed by atoms with Crippen LogP contribution in [0.5, 0.6) is 0 Å². The van der Waals surface area contributed by atoms with Crippen molar-refractivity contribution in [2.24, 2.45) is 0 Å². The molecule has 23 heavy (non-hydrogen) atoms. The molecule has 1 aromatic carbocycles. The van der Waals surface area contributed by atoms with Crippen molar-refractivity contribution in [1.29, 1.82) is 0 Å². The highest BCUT2D eigenvalue weighted by Crippen LogP contribution is 2.63. The molecular formula is C16H11ClF2N4. The van der Waals surface area contributed by atoms with Gasteiger partial charge in [-0.3, -0.25) is 0 Å². The second kappa shape index (κ2) is 4.26. The minimum Gasteiger partial charge on any atom is -0.321 e. The van der Waals surface area contributed by atoms with Gasteiger partial charge in [-0.15, -0.1) is 0 Å². The van der Waals surface area contributed by atoms with E-state index in [9.17, 15) is 8.78 Å². The lowest BCUT2D eigenvalue weighted by molar-refractivity contribution is 0.489. The molecule has 2 atom stereocenters. The Morgan fingerprint density at radius 2 is 2.09 bits per heavy atom. The number of halogens is 3. The van der Waals surface area contributed by atoms with Crippen LogP contribution in [-0.2, 0) is 12.0 Å². The second-order valence-electron chi connectivity index (χ2n) is 6.20. The summed E-state index contributed by atoms with van der Waals surface area (Å²) in [4.78, 5) is 12.2. The average molecular weight is 333 g/mol. The number of aromatic nitrogens is 4. The molecule has 1 fully saturated rings. The highest BCUT2D eigenvalue weighted by atomic mass is 35.5. The molecule has 0 amide bonds. The van der Waals surface area contributed by atoms with Crippen LogP contribution in [0.3, 0.4) is 0 Å². The lowest BCUT2D eigenvalue weighted by Gasteiger charge is -2.15. The monoisotopic (exact) mass is 332 g/mol. The smallest absolute Gasteiger partial charge is 0.222 e. The van der Waals surface area contributed by atoms with Crippen LogP contribution in [0.2, 0.25) is 5.28 Å². The molecule has 3 aromatic rings. The maximum Gasteiger partial charge on any atom is 0.222 e. The third-order valence-corrected chi connectivity index (χ3v) is 5.23. The van der Waals surface area contributed by atoms with Gasteiger partial charge in [0.05, 0.1) is 22.9 Å². The number of rotatable bonds is 1. The van der Waals surface area contributed by atoms with Gasteiger partial charge in [-0.05, 0) is 36.6 Å². The topological polar surface area (TPSA) is 43.6 Å². The molecule has 1 spiro atoms. The molecule has 7 heteroatoms. The molecule has 0 saturated heterocycles. The van der Waals surface area contributed by atoms with Crippen molar-refractivity contribution >= 4 is 22.6 Å². The van der Waals surface area contributed by atoms with E-state index < -0.39 is 5.82 Å². The SMILES string of the molecule is Fc1cnc(Cl)nc1C1CC12CCc1nc3c(F)cccc3n12. The normalized spacial score (nSPS) is 25.3. The van der Waals surface area contributed by atoms with Crippen LogP contribution in [-0.4, -0.2) is 19.5 Å². The van der Waals surface area contributed by atoms with Crippen LogP contribution in [0, 0.1) is 11.6 Å². The highest BCUT2D eigenvalue weighted by Gasteiger charge is 2.61. The summed E-state index contributed by atoms with van der Waals surface area (Å²) < 4.78 is 30.2. The number of imidazole rings is 1. The van der Waals surface area contributed by atoms with Crippen molar-refractivity contribution in [3.8, 4) is 0 Å². The summed E-state index contributed by atoms with van der Waals surface area (Å²) in [6.07, 6.45) is 3.48. The first-order valence-corrected chi connectivity index (χ1v) is 7.82. The Morgan fingerprint density at radius 1 is 1.22 bits per heavy atom. The van der Waals surface area contributed by atoms with Gasteiger partial charge in [0.15, 0.2) is 11.6 Å². The van der Waals surface area contributed by atoms with Crippen molar-refractivity contribution in [3.05, 3.63) is 52.8 Å². The maximum absolute atomic E-state index is 14.1. The molecular weight excluding hydrogens is 322 g/mol. The summed E-state index contributed by atoms with van der Waals surface area (Å²) in [6.45, 7) is 0. The van der Waals surface area contributed by atoms with Crippen molar-refractivity contribution in [3.63, 3.8) is 0 Å². The fraction of sp³-hybridized carbons (Fsp3) is 0.312. The van der Waals surface area contributed by atoms with Gasteiger partial charge in [-0.25, -0.2) is 23.7 Å². The van der Waals surface area contributed by atoms with E-state index in [0.717, 1.165) is 36.8 Å². The Labute approximate surface area is 135 Å². The van der Waals surface area contributed by atoms with Crippen molar-refractivity contribution in [2.75, 3.05) is 0 Å². The van der Waals surface area contributed by atoms with Gasteiger partial charge in [-0.2, -0.15) is 0 Å². The van der Waals surface area contributed by atoms with Crippen LogP contribution >= 0.6 is 11.6 Å². The number of benzene rings is 1. The molecule has 0 N–H and O–H groups in total. The van der Waals surface area contributed by atoms with Crippen LogP contribution in [0.25, 0.3) is 11.0 Å². The summed E-state index contributed by atoms with van der Waals surface area (Å²) in [6, 6.07) is 4.95. The lowest BCUT2D eigenvalue weighted by Crippen LogP contribution is -2.15. The third-order valence-electron chi connectivity index (χ3n) is 5.05. The molecule has 1 aliphatic heterocycles. The molecule has 0 radical (unpaired) electrons. The zero-order valence-electron chi connectivity index (χ0n) is 11.9. The highest BCUT2D eigenvalue weighted by molar-refractivity contribution is 6.28. The fourth-order valence-corrected chi connectivity index (χ4v) is 4.13.